The molecule has 1 aromatic carbocycles. The zero-order chi connectivity index (χ0) is 16.7. The number of hydrogen-bond donors (Lipinski definition) is 2. The summed E-state index contributed by atoms with van der Waals surface area (Å²) in [6, 6.07) is 6.92. The smallest absolute Gasteiger partial charge is 0.244 e. The van der Waals surface area contributed by atoms with Crippen LogP contribution in [0.15, 0.2) is 42.7 Å². The van der Waals surface area contributed by atoms with E-state index in [1.807, 2.05) is 0 Å². The van der Waals surface area contributed by atoms with Crippen LogP contribution in [0.25, 0.3) is 6.08 Å². The van der Waals surface area contributed by atoms with E-state index in [4.69, 9.17) is 6.42 Å². The Balaban J connectivity index is 1.80. The number of nitrogens with zero attached hydrogens (tertiary/aromatic N) is 2. The number of carbonyl (C=O) groups is 2. The van der Waals surface area contributed by atoms with Gasteiger partial charge < -0.3 is 10.6 Å². The fourth-order valence-corrected chi connectivity index (χ4v) is 1.82. The molecule has 0 atom stereocenters. The lowest BCUT2D eigenvalue weighted by Gasteiger charge is -2.06. The Morgan fingerprint density at radius 2 is 2.26 bits per heavy atom. The first-order chi connectivity index (χ1) is 11.1. The van der Waals surface area contributed by atoms with Gasteiger partial charge in [-0.25, -0.2) is 0 Å². The second kappa shape index (κ2) is 7.61. The lowest BCUT2D eigenvalue weighted by atomic mass is 10.2. The van der Waals surface area contributed by atoms with Gasteiger partial charge in [0.15, 0.2) is 0 Å². The van der Waals surface area contributed by atoms with E-state index in [0.29, 0.717) is 11.3 Å². The highest BCUT2D eigenvalue weighted by atomic mass is 16.2. The number of aromatic nitrogens is 2. The van der Waals surface area contributed by atoms with Gasteiger partial charge in [-0.2, -0.15) is 5.10 Å². The lowest BCUT2D eigenvalue weighted by Crippen LogP contribution is -2.31. The van der Waals surface area contributed by atoms with Crippen molar-refractivity contribution < 1.29 is 9.59 Å². The number of amides is 2. The van der Waals surface area contributed by atoms with Crippen LogP contribution in [-0.2, 0) is 16.6 Å². The maximum atomic E-state index is 11.8. The fourth-order valence-electron chi connectivity index (χ4n) is 1.82. The first kappa shape index (κ1) is 16.0. The number of nitrogens with one attached hydrogen (secondary N) is 2. The summed E-state index contributed by atoms with van der Waals surface area (Å²) >= 11 is 0. The first-order valence-corrected chi connectivity index (χ1v) is 6.88. The molecule has 0 aliphatic rings. The van der Waals surface area contributed by atoms with Crippen molar-refractivity contribution in [2.75, 3.05) is 11.9 Å². The van der Waals surface area contributed by atoms with Crippen LogP contribution >= 0.6 is 0 Å². The van der Waals surface area contributed by atoms with Gasteiger partial charge >= 0.3 is 0 Å². The molecule has 116 valence electrons. The lowest BCUT2D eigenvalue weighted by molar-refractivity contribution is -0.121. The molecule has 0 spiro atoms. The highest BCUT2D eigenvalue weighted by Gasteiger charge is 2.04. The van der Waals surface area contributed by atoms with E-state index < -0.39 is 0 Å². The maximum absolute atomic E-state index is 11.8. The van der Waals surface area contributed by atoms with Crippen molar-refractivity contribution in [1.29, 1.82) is 0 Å². The van der Waals surface area contributed by atoms with Gasteiger partial charge in [-0.05, 0) is 24.3 Å². The molecule has 2 rings (SSSR count). The molecule has 6 heteroatoms. The Bertz CT molecular complexity index is 784. The minimum absolute atomic E-state index is 0.128. The second-order valence-electron chi connectivity index (χ2n) is 4.77. The van der Waals surface area contributed by atoms with Gasteiger partial charge in [0.2, 0.25) is 11.8 Å². The number of terminal acetylenes is 1. The van der Waals surface area contributed by atoms with Gasteiger partial charge in [0, 0.05) is 36.1 Å². The van der Waals surface area contributed by atoms with E-state index in [-0.39, 0.29) is 18.4 Å². The highest BCUT2D eigenvalue weighted by molar-refractivity contribution is 5.98. The Morgan fingerprint density at radius 1 is 1.43 bits per heavy atom. The van der Waals surface area contributed by atoms with Crippen LogP contribution in [0, 0.1) is 12.3 Å². The molecule has 2 amide bonds. The van der Waals surface area contributed by atoms with Crippen LogP contribution in [0.4, 0.5) is 5.69 Å². The van der Waals surface area contributed by atoms with Crippen molar-refractivity contribution >= 4 is 23.6 Å². The van der Waals surface area contributed by atoms with Gasteiger partial charge in [-0.1, -0.05) is 12.0 Å². The molecule has 0 aliphatic carbocycles. The summed E-state index contributed by atoms with van der Waals surface area (Å²) in [5.74, 6) is 1.80. The average Bonchev–Trinajstić information content (AvgIpc) is 2.96. The molecule has 0 bridgehead atoms. The van der Waals surface area contributed by atoms with Crippen molar-refractivity contribution in [3.8, 4) is 12.3 Å². The Kier molecular flexibility index (Phi) is 5.31. The van der Waals surface area contributed by atoms with Gasteiger partial charge in [0.1, 0.15) is 0 Å². The molecule has 0 saturated carbocycles. The van der Waals surface area contributed by atoms with Gasteiger partial charge in [0.05, 0.1) is 12.7 Å². The average molecular weight is 308 g/mol. The van der Waals surface area contributed by atoms with Crippen LogP contribution in [0.5, 0.6) is 0 Å². The zero-order valence-corrected chi connectivity index (χ0v) is 12.6. The molecule has 0 unspecified atom stereocenters. The molecule has 6 nitrogen and oxygen atoms in total. The standard InChI is InChI=1S/C17H16N4O2/c1-3-13-5-4-6-15(9-13)20-17(23)11-18-16(22)8-7-14-10-19-21(2)12-14/h1,4-10,12H,11H2,2H3,(H,18,22)(H,20,23)/b8-7-. The van der Waals surface area contributed by atoms with Crippen molar-refractivity contribution in [3.05, 3.63) is 53.9 Å². The number of aryl methyl sites for hydroxylation is 1. The summed E-state index contributed by atoms with van der Waals surface area (Å²) in [7, 11) is 1.79. The molecule has 1 aromatic heterocycles. The van der Waals surface area contributed by atoms with Crippen molar-refractivity contribution in [2.24, 2.45) is 7.05 Å². The predicted molar refractivity (Wildman–Crippen MR) is 88.3 cm³/mol. The molecule has 0 saturated heterocycles. The summed E-state index contributed by atoms with van der Waals surface area (Å²) in [4.78, 5) is 23.4. The van der Waals surface area contributed by atoms with Crippen molar-refractivity contribution in [3.63, 3.8) is 0 Å². The third kappa shape index (κ3) is 5.17. The molecule has 0 fully saturated rings. The van der Waals surface area contributed by atoms with E-state index in [2.05, 4.69) is 21.7 Å². The Morgan fingerprint density at radius 3 is 2.96 bits per heavy atom. The number of carbonyl (C=O) groups excluding carboxylic acids is 2. The predicted octanol–water partition coefficient (Wildman–Crippen LogP) is 1.17. The summed E-state index contributed by atoms with van der Waals surface area (Å²) < 4.78 is 1.63. The Labute approximate surface area is 134 Å². The van der Waals surface area contributed by atoms with E-state index >= 15 is 0 Å². The minimum atomic E-state index is -0.360. The van der Waals surface area contributed by atoms with Crippen LogP contribution in [0.1, 0.15) is 11.1 Å². The minimum Gasteiger partial charge on any atom is -0.343 e. The number of hydrogen-bond acceptors (Lipinski definition) is 3. The maximum Gasteiger partial charge on any atom is 0.244 e. The molecule has 0 aliphatic heterocycles. The summed E-state index contributed by atoms with van der Waals surface area (Å²) in [5.41, 5.74) is 2.06. The molecule has 0 radical (unpaired) electrons. The van der Waals surface area contributed by atoms with Gasteiger partial charge in [-0.15, -0.1) is 6.42 Å². The molecule has 2 N–H and O–H groups in total. The molecular weight excluding hydrogens is 292 g/mol. The van der Waals surface area contributed by atoms with E-state index in [1.54, 1.807) is 54.5 Å². The summed E-state index contributed by atoms with van der Waals surface area (Å²) in [6.07, 6.45) is 11.7. The molecule has 23 heavy (non-hydrogen) atoms. The van der Waals surface area contributed by atoms with Crippen LogP contribution in [0.3, 0.4) is 0 Å². The fraction of sp³-hybridized carbons (Fsp3) is 0.118. The van der Waals surface area contributed by atoms with E-state index in [0.717, 1.165) is 5.56 Å². The third-order valence-corrected chi connectivity index (χ3v) is 2.89. The second-order valence-corrected chi connectivity index (χ2v) is 4.77. The van der Waals surface area contributed by atoms with E-state index in [1.165, 1.54) is 6.08 Å². The Hall–Kier alpha value is -3.33. The summed E-state index contributed by atoms with van der Waals surface area (Å²) in [6.45, 7) is -0.128. The zero-order valence-electron chi connectivity index (χ0n) is 12.6. The molecule has 2 aromatic rings. The first-order valence-electron chi connectivity index (χ1n) is 6.88. The SMILES string of the molecule is C#Cc1cccc(NC(=O)CNC(=O)/C=C\c2cnn(C)c2)c1. The van der Waals surface area contributed by atoms with E-state index in [9.17, 15) is 9.59 Å². The summed E-state index contributed by atoms with van der Waals surface area (Å²) in [5, 5.41) is 9.15. The number of benzene rings is 1. The van der Waals surface area contributed by atoms with Gasteiger partial charge in [-0.3, -0.25) is 14.3 Å². The largest absolute Gasteiger partial charge is 0.343 e. The van der Waals surface area contributed by atoms with Crippen molar-refractivity contribution in [1.82, 2.24) is 15.1 Å². The van der Waals surface area contributed by atoms with Crippen LogP contribution < -0.4 is 10.6 Å². The van der Waals surface area contributed by atoms with Crippen molar-refractivity contribution in [2.45, 2.75) is 0 Å². The van der Waals surface area contributed by atoms with Crippen LogP contribution in [0.2, 0.25) is 0 Å². The third-order valence-electron chi connectivity index (χ3n) is 2.89. The molecular formula is C17H16N4O2. The van der Waals surface area contributed by atoms with Crippen LogP contribution in [-0.4, -0.2) is 28.1 Å². The highest BCUT2D eigenvalue weighted by Crippen LogP contribution is 2.09. The normalized spacial score (nSPS) is 10.3. The quantitative estimate of drug-likeness (QED) is 0.643. The molecule has 1 heterocycles. The van der Waals surface area contributed by atoms with Gasteiger partial charge in [0.25, 0.3) is 0 Å². The number of rotatable bonds is 5. The topological polar surface area (TPSA) is 76.0 Å². The monoisotopic (exact) mass is 308 g/mol. The number of anilines is 1.